The van der Waals surface area contributed by atoms with E-state index in [1.165, 1.54) is 21.3 Å². The van der Waals surface area contributed by atoms with E-state index in [-0.39, 0.29) is 0 Å². The molecule has 5 nitrogen and oxygen atoms in total. The van der Waals surface area contributed by atoms with Crippen molar-refractivity contribution >= 4 is 12.2 Å². The van der Waals surface area contributed by atoms with Crippen molar-refractivity contribution < 1.29 is 19.1 Å². The molecule has 0 bridgehead atoms. The number of nitrogens with zero attached hydrogens (tertiary/aromatic N) is 1. The van der Waals surface area contributed by atoms with E-state index in [1.54, 1.807) is 0 Å². The van der Waals surface area contributed by atoms with Crippen LogP contribution in [0.3, 0.4) is 0 Å². The molecule has 0 atom stereocenters. The van der Waals surface area contributed by atoms with E-state index in [0.29, 0.717) is 0 Å². The summed E-state index contributed by atoms with van der Waals surface area (Å²) < 4.78 is 8.44. The van der Waals surface area contributed by atoms with Gasteiger partial charge in [0, 0.05) is 7.05 Å². The van der Waals surface area contributed by atoms with Crippen LogP contribution in [0.4, 0.5) is 9.59 Å². The third-order valence-corrected chi connectivity index (χ3v) is 0.897. The van der Waals surface area contributed by atoms with Crippen LogP contribution in [-0.2, 0) is 9.47 Å². The summed E-state index contributed by atoms with van der Waals surface area (Å²) in [5.74, 6) is 0. The highest BCUT2D eigenvalue weighted by molar-refractivity contribution is 5.87. The average Bonchev–Trinajstić information content (AvgIpc) is 2.00. The van der Waals surface area contributed by atoms with Crippen molar-refractivity contribution in [3.05, 3.63) is 0 Å². The fourth-order valence-electron chi connectivity index (χ4n) is 0.348. The molecule has 0 spiro atoms. The molecule has 0 N–H and O–H groups in total. The molecule has 0 rings (SSSR count). The van der Waals surface area contributed by atoms with E-state index < -0.39 is 12.2 Å². The summed E-state index contributed by atoms with van der Waals surface area (Å²) in [5.41, 5.74) is 0. The Balaban J connectivity index is 3.94. The van der Waals surface area contributed by atoms with Gasteiger partial charge in [0.1, 0.15) is 0 Å². The Bertz CT molecular complexity index is 129. The van der Waals surface area contributed by atoms with Gasteiger partial charge in [0.05, 0.1) is 14.2 Å². The number of imide groups is 1. The first-order valence-electron chi connectivity index (χ1n) is 2.53. The largest absolute Gasteiger partial charge is 0.452 e. The SMILES string of the molecule is COC(=O)N(C)C(=O)OC. The Morgan fingerprint density at radius 3 is 1.60 bits per heavy atom. The molecule has 0 heterocycles. The number of carbonyl (C=O) groups excluding carboxylic acids is 2. The quantitative estimate of drug-likeness (QED) is 0.499. The van der Waals surface area contributed by atoms with E-state index in [0.717, 1.165) is 4.90 Å². The summed E-state index contributed by atoms with van der Waals surface area (Å²) in [6, 6.07) is 0. The summed E-state index contributed by atoms with van der Waals surface area (Å²) >= 11 is 0. The molecule has 0 aromatic heterocycles. The summed E-state index contributed by atoms with van der Waals surface area (Å²) in [4.78, 5) is 21.8. The zero-order valence-electron chi connectivity index (χ0n) is 6.08. The number of ether oxygens (including phenoxy) is 2. The molecule has 0 unspecified atom stereocenters. The van der Waals surface area contributed by atoms with Crippen LogP contribution in [0.25, 0.3) is 0 Å². The molecule has 0 aromatic carbocycles. The van der Waals surface area contributed by atoms with Crippen molar-refractivity contribution in [2.75, 3.05) is 21.3 Å². The number of rotatable bonds is 0. The smallest absolute Gasteiger partial charge is 0.418 e. The number of hydrogen-bond donors (Lipinski definition) is 0. The summed E-state index contributed by atoms with van der Waals surface area (Å²) in [7, 11) is 3.63. The van der Waals surface area contributed by atoms with Crippen LogP contribution in [-0.4, -0.2) is 38.4 Å². The fraction of sp³-hybridized carbons (Fsp3) is 0.600. The molecular weight excluding hydrogens is 138 g/mol. The topological polar surface area (TPSA) is 55.8 Å². The highest BCUT2D eigenvalue weighted by atomic mass is 16.6. The highest BCUT2D eigenvalue weighted by Gasteiger charge is 2.16. The molecule has 0 saturated carbocycles. The first-order valence-corrected chi connectivity index (χ1v) is 2.53. The number of methoxy groups -OCH3 is 2. The van der Waals surface area contributed by atoms with Crippen molar-refractivity contribution in [2.24, 2.45) is 0 Å². The first-order chi connectivity index (χ1) is 4.63. The molecule has 0 aliphatic heterocycles. The lowest BCUT2D eigenvalue weighted by molar-refractivity contribution is 0.107. The van der Waals surface area contributed by atoms with Crippen LogP contribution in [0.1, 0.15) is 0 Å². The molecule has 10 heavy (non-hydrogen) atoms. The molecule has 5 heteroatoms. The lowest BCUT2D eigenvalue weighted by Crippen LogP contribution is -2.32. The molecular formula is C5H9NO4. The van der Waals surface area contributed by atoms with Crippen molar-refractivity contribution in [1.29, 1.82) is 0 Å². The zero-order chi connectivity index (χ0) is 8.15. The predicted octanol–water partition coefficient (Wildman–Crippen LogP) is 0.451. The minimum atomic E-state index is -0.744. The lowest BCUT2D eigenvalue weighted by atomic mass is 10.8. The van der Waals surface area contributed by atoms with Crippen LogP contribution in [0.15, 0.2) is 0 Å². The van der Waals surface area contributed by atoms with E-state index in [2.05, 4.69) is 9.47 Å². The van der Waals surface area contributed by atoms with Gasteiger partial charge in [0.25, 0.3) is 0 Å². The maximum absolute atomic E-state index is 10.5. The Labute approximate surface area is 58.5 Å². The Morgan fingerprint density at radius 2 is 1.40 bits per heavy atom. The minimum absolute atomic E-state index is 0.722. The van der Waals surface area contributed by atoms with Crippen molar-refractivity contribution in [1.82, 2.24) is 4.90 Å². The van der Waals surface area contributed by atoms with Crippen LogP contribution < -0.4 is 0 Å². The first kappa shape index (κ1) is 8.74. The van der Waals surface area contributed by atoms with Crippen LogP contribution in [0.2, 0.25) is 0 Å². The van der Waals surface area contributed by atoms with Crippen LogP contribution in [0, 0.1) is 0 Å². The summed E-state index contributed by atoms with van der Waals surface area (Å²) in [6.45, 7) is 0. The molecule has 2 amide bonds. The predicted molar refractivity (Wildman–Crippen MR) is 32.6 cm³/mol. The number of carbonyl (C=O) groups is 2. The van der Waals surface area contributed by atoms with Gasteiger partial charge < -0.3 is 9.47 Å². The van der Waals surface area contributed by atoms with Crippen molar-refractivity contribution in [2.45, 2.75) is 0 Å². The molecule has 0 fully saturated rings. The molecule has 0 aromatic rings. The van der Waals surface area contributed by atoms with E-state index in [1.807, 2.05) is 0 Å². The van der Waals surface area contributed by atoms with Gasteiger partial charge in [-0.05, 0) is 0 Å². The minimum Gasteiger partial charge on any atom is -0.452 e. The Hall–Kier alpha value is -1.26. The van der Waals surface area contributed by atoms with Gasteiger partial charge in [0.2, 0.25) is 0 Å². The highest BCUT2D eigenvalue weighted by Crippen LogP contribution is 1.90. The molecule has 0 aliphatic carbocycles. The maximum atomic E-state index is 10.5. The third kappa shape index (κ3) is 1.93. The summed E-state index contributed by atoms with van der Waals surface area (Å²) in [5, 5.41) is 0. The third-order valence-electron chi connectivity index (χ3n) is 0.897. The Morgan fingerprint density at radius 1 is 1.10 bits per heavy atom. The number of amides is 2. The van der Waals surface area contributed by atoms with Crippen molar-refractivity contribution in [3.63, 3.8) is 0 Å². The zero-order valence-corrected chi connectivity index (χ0v) is 6.08. The van der Waals surface area contributed by atoms with E-state index in [9.17, 15) is 9.59 Å². The molecule has 0 radical (unpaired) electrons. The lowest BCUT2D eigenvalue weighted by Gasteiger charge is -2.10. The Kier molecular flexibility index (Phi) is 3.24. The monoisotopic (exact) mass is 147 g/mol. The van der Waals surface area contributed by atoms with Crippen molar-refractivity contribution in [3.8, 4) is 0 Å². The van der Waals surface area contributed by atoms with Gasteiger partial charge in [0.15, 0.2) is 0 Å². The van der Waals surface area contributed by atoms with Gasteiger partial charge in [-0.3, -0.25) is 0 Å². The number of hydrogen-bond acceptors (Lipinski definition) is 4. The van der Waals surface area contributed by atoms with E-state index >= 15 is 0 Å². The second kappa shape index (κ2) is 3.71. The van der Waals surface area contributed by atoms with Gasteiger partial charge in [-0.15, -0.1) is 0 Å². The van der Waals surface area contributed by atoms with Gasteiger partial charge in [-0.1, -0.05) is 0 Å². The molecule has 58 valence electrons. The molecule has 0 aliphatic rings. The van der Waals surface area contributed by atoms with E-state index in [4.69, 9.17) is 0 Å². The second-order valence-corrected chi connectivity index (χ2v) is 1.50. The normalized spacial score (nSPS) is 8.30. The summed E-state index contributed by atoms with van der Waals surface area (Å²) in [6.07, 6.45) is -1.49. The standard InChI is InChI=1S/C5H9NO4/c1-6(4(7)9-2)5(8)10-3/h1-3H3. The second-order valence-electron chi connectivity index (χ2n) is 1.50. The van der Waals surface area contributed by atoms with Gasteiger partial charge in [-0.25, -0.2) is 14.5 Å². The average molecular weight is 147 g/mol. The van der Waals surface area contributed by atoms with Crippen LogP contribution in [0.5, 0.6) is 0 Å². The van der Waals surface area contributed by atoms with Gasteiger partial charge in [-0.2, -0.15) is 0 Å². The van der Waals surface area contributed by atoms with Gasteiger partial charge >= 0.3 is 12.2 Å². The van der Waals surface area contributed by atoms with Crippen LogP contribution >= 0.6 is 0 Å². The fourth-order valence-corrected chi connectivity index (χ4v) is 0.348. The maximum Gasteiger partial charge on any atom is 0.418 e. The molecule has 0 saturated heterocycles.